The predicted molar refractivity (Wildman–Crippen MR) is 84.6 cm³/mol. The van der Waals surface area contributed by atoms with Crippen molar-refractivity contribution in [3.63, 3.8) is 0 Å². The van der Waals surface area contributed by atoms with E-state index >= 15 is 0 Å². The summed E-state index contributed by atoms with van der Waals surface area (Å²) in [6.07, 6.45) is 7.29. The van der Waals surface area contributed by atoms with Crippen LogP contribution in [0.4, 0.5) is 0 Å². The fourth-order valence-electron chi connectivity index (χ4n) is 4.74. The molecule has 1 aliphatic carbocycles. The average Bonchev–Trinajstić information content (AvgIpc) is 2.39. The van der Waals surface area contributed by atoms with Gasteiger partial charge in [0.25, 0.3) is 8.48 Å². The van der Waals surface area contributed by atoms with Crippen molar-refractivity contribution in [3.8, 4) is 0 Å². The molecule has 0 aromatic carbocycles. The van der Waals surface area contributed by atoms with Crippen LogP contribution in [0.15, 0.2) is 0 Å². The molecule has 1 aliphatic heterocycles. The Labute approximate surface area is 121 Å². The number of fused-ring (bicyclic) bond motifs is 1. The number of hydrogen-bond donors (Lipinski definition) is 0. The van der Waals surface area contributed by atoms with Gasteiger partial charge in [-0.15, -0.1) is 0 Å². The van der Waals surface area contributed by atoms with Gasteiger partial charge in [0.2, 0.25) is 0 Å². The van der Waals surface area contributed by atoms with Gasteiger partial charge in [0.15, 0.2) is 0 Å². The van der Waals surface area contributed by atoms with Crippen molar-refractivity contribution < 1.29 is 4.43 Å². The van der Waals surface area contributed by atoms with Gasteiger partial charge in [-0.05, 0) is 48.8 Å². The molecule has 0 bridgehead atoms. The largest absolute Gasteiger partial charge is 0.406 e. The molecule has 1 saturated heterocycles. The number of hydrogen-bond acceptors (Lipinski definition) is 2. The summed E-state index contributed by atoms with van der Waals surface area (Å²) in [7, 11) is 0.179. The highest BCUT2D eigenvalue weighted by atomic mass is 28.4. The predicted octanol–water partition coefficient (Wildman–Crippen LogP) is 4.41. The van der Waals surface area contributed by atoms with Crippen LogP contribution in [0.2, 0.25) is 11.1 Å². The minimum absolute atomic E-state index is 0.304. The van der Waals surface area contributed by atoms with Crippen molar-refractivity contribution >= 4 is 8.48 Å². The Hall–Kier alpha value is 0.137. The van der Waals surface area contributed by atoms with Crippen LogP contribution in [0.3, 0.4) is 0 Å². The molecule has 3 heteroatoms. The van der Waals surface area contributed by atoms with Crippen LogP contribution < -0.4 is 0 Å². The summed E-state index contributed by atoms with van der Waals surface area (Å²) < 4.78 is 9.04. The molecular weight excluding hydrogens is 250 g/mol. The second kappa shape index (κ2) is 5.86. The highest BCUT2D eigenvalue weighted by Crippen LogP contribution is 2.45. The Morgan fingerprint density at radius 2 is 1.74 bits per heavy atom. The lowest BCUT2D eigenvalue weighted by Gasteiger charge is -2.53. The Balaban J connectivity index is 2.15. The third-order valence-electron chi connectivity index (χ3n) is 5.79. The second-order valence-electron chi connectivity index (χ2n) is 7.63. The first kappa shape index (κ1) is 15.5. The smallest absolute Gasteiger partial charge is 0.276 e. The van der Waals surface area contributed by atoms with E-state index in [9.17, 15) is 0 Å². The summed E-state index contributed by atoms with van der Waals surface area (Å²) in [5.74, 6) is 1.98. The summed E-state index contributed by atoms with van der Waals surface area (Å²) in [6, 6.07) is 1.21. The van der Waals surface area contributed by atoms with E-state index in [0.717, 1.165) is 11.8 Å². The van der Waals surface area contributed by atoms with Gasteiger partial charge >= 0.3 is 0 Å². The van der Waals surface area contributed by atoms with Crippen molar-refractivity contribution in [2.45, 2.75) is 70.9 Å². The van der Waals surface area contributed by atoms with Gasteiger partial charge < -0.3 is 8.99 Å². The highest BCUT2D eigenvalue weighted by molar-refractivity contribution is 6.73. The first-order valence-corrected chi connectivity index (χ1v) is 10.3. The van der Waals surface area contributed by atoms with Crippen LogP contribution >= 0.6 is 0 Å². The van der Waals surface area contributed by atoms with Crippen molar-refractivity contribution in [2.75, 3.05) is 20.2 Å². The molecule has 3 atom stereocenters. The molecular formula is C16H33NOSi. The number of piperidine rings is 1. The lowest BCUT2D eigenvalue weighted by Crippen LogP contribution is -2.64. The lowest BCUT2D eigenvalue weighted by atomic mass is 9.76. The molecule has 0 N–H and O–H groups in total. The van der Waals surface area contributed by atoms with E-state index in [-0.39, 0.29) is 0 Å². The van der Waals surface area contributed by atoms with Gasteiger partial charge in [0.1, 0.15) is 0 Å². The number of nitrogens with zero attached hydrogens (tertiary/aromatic N) is 1. The van der Waals surface area contributed by atoms with Gasteiger partial charge in [-0.25, -0.2) is 0 Å². The van der Waals surface area contributed by atoms with Crippen molar-refractivity contribution in [1.82, 2.24) is 4.57 Å². The first-order valence-electron chi connectivity index (χ1n) is 8.25. The van der Waals surface area contributed by atoms with Crippen molar-refractivity contribution in [3.05, 3.63) is 0 Å². The Morgan fingerprint density at radius 1 is 1.11 bits per heavy atom. The summed E-state index contributed by atoms with van der Waals surface area (Å²) in [4.78, 5) is 0. The molecule has 0 aromatic rings. The monoisotopic (exact) mass is 283 g/mol. The minimum Gasteiger partial charge on any atom is -0.406 e. The average molecular weight is 284 g/mol. The molecule has 2 aliphatic rings. The fourth-order valence-corrected chi connectivity index (χ4v) is 9.37. The molecule has 0 amide bonds. The third kappa shape index (κ3) is 2.79. The lowest BCUT2D eigenvalue weighted by molar-refractivity contribution is 0.108. The Morgan fingerprint density at radius 3 is 2.26 bits per heavy atom. The van der Waals surface area contributed by atoms with Crippen LogP contribution in [0.5, 0.6) is 0 Å². The maximum Gasteiger partial charge on any atom is 0.276 e. The van der Waals surface area contributed by atoms with Crippen molar-refractivity contribution in [1.29, 1.82) is 0 Å². The van der Waals surface area contributed by atoms with E-state index in [1.54, 1.807) is 0 Å². The van der Waals surface area contributed by atoms with E-state index in [2.05, 4.69) is 32.3 Å². The van der Waals surface area contributed by atoms with E-state index in [4.69, 9.17) is 4.43 Å². The van der Waals surface area contributed by atoms with Gasteiger partial charge in [-0.2, -0.15) is 0 Å². The fraction of sp³-hybridized carbons (Fsp3) is 1.00. The number of rotatable bonds is 3. The summed E-state index contributed by atoms with van der Waals surface area (Å²) in [5, 5.41) is 0.304. The molecule has 2 fully saturated rings. The zero-order chi connectivity index (χ0) is 14.1. The zero-order valence-electron chi connectivity index (χ0n) is 13.7. The molecule has 0 radical (unpaired) electrons. The molecule has 3 unspecified atom stereocenters. The SMILES string of the molecule is CC[Si](OC)(N1CCC2CCCCC2C1)C(C)(C)C. The molecule has 1 saturated carbocycles. The Kier molecular flexibility index (Phi) is 4.79. The molecule has 19 heavy (non-hydrogen) atoms. The minimum atomic E-state index is -1.79. The van der Waals surface area contributed by atoms with Gasteiger partial charge in [-0.1, -0.05) is 47.0 Å². The van der Waals surface area contributed by atoms with E-state index in [1.807, 2.05) is 7.11 Å². The molecule has 2 rings (SSSR count). The molecule has 0 spiro atoms. The second-order valence-corrected chi connectivity index (χ2v) is 12.4. The van der Waals surface area contributed by atoms with Gasteiger partial charge in [0, 0.05) is 7.11 Å². The van der Waals surface area contributed by atoms with Crippen LogP contribution in [0.25, 0.3) is 0 Å². The van der Waals surface area contributed by atoms with Crippen LogP contribution in [0.1, 0.15) is 59.8 Å². The molecule has 1 heterocycles. The first-order chi connectivity index (χ1) is 8.94. The summed E-state index contributed by atoms with van der Waals surface area (Å²) in [6.45, 7) is 12.1. The van der Waals surface area contributed by atoms with E-state index < -0.39 is 8.48 Å². The van der Waals surface area contributed by atoms with Gasteiger partial charge in [-0.3, -0.25) is 0 Å². The maximum atomic E-state index is 6.24. The highest BCUT2D eigenvalue weighted by Gasteiger charge is 2.51. The quantitative estimate of drug-likeness (QED) is 0.712. The topological polar surface area (TPSA) is 12.5 Å². The zero-order valence-corrected chi connectivity index (χ0v) is 14.7. The maximum absolute atomic E-state index is 6.24. The van der Waals surface area contributed by atoms with Gasteiger partial charge in [0.05, 0.1) is 0 Å². The third-order valence-corrected chi connectivity index (χ3v) is 11.2. The standard InChI is InChI=1S/C16H33NOSi/c1-6-19(18-5,16(2,3)4)17-12-11-14-9-7-8-10-15(14)13-17/h14-15H,6-13H2,1-5H3. The van der Waals surface area contributed by atoms with Crippen LogP contribution in [0, 0.1) is 11.8 Å². The Bertz CT molecular complexity index is 296. The van der Waals surface area contributed by atoms with Crippen LogP contribution in [-0.2, 0) is 4.43 Å². The summed E-state index contributed by atoms with van der Waals surface area (Å²) >= 11 is 0. The normalized spacial score (nSPS) is 32.7. The van der Waals surface area contributed by atoms with E-state index in [1.165, 1.54) is 51.2 Å². The summed E-state index contributed by atoms with van der Waals surface area (Å²) in [5.41, 5.74) is 0. The van der Waals surface area contributed by atoms with E-state index in [0.29, 0.717) is 5.04 Å². The van der Waals surface area contributed by atoms with Crippen LogP contribution in [-0.4, -0.2) is 33.2 Å². The molecule has 0 aromatic heterocycles. The molecule has 112 valence electrons. The molecule has 2 nitrogen and oxygen atoms in total. The van der Waals surface area contributed by atoms with Crippen molar-refractivity contribution in [2.24, 2.45) is 11.8 Å².